The van der Waals surface area contributed by atoms with E-state index in [1.807, 2.05) is 0 Å². The Morgan fingerprint density at radius 1 is 1.23 bits per heavy atom. The maximum absolute atomic E-state index is 2.71. The third kappa shape index (κ3) is 2.46. The van der Waals surface area contributed by atoms with Gasteiger partial charge in [0, 0.05) is 18.1 Å². The van der Waals surface area contributed by atoms with Gasteiger partial charge in [0.2, 0.25) is 0 Å². The van der Waals surface area contributed by atoms with Crippen molar-refractivity contribution in [3.63, 3.8) is 0 Å². The van der Waals surface area contributed by atoms with Crippen LogP contribution in [-0.4, -0.2) is 23.0 Å². The van der Waals surface area contributed by atoms with Crippen molar-refractivity contribution in [3.8, 4) is 0 Å². The molecule has 3 atom stereocenters. The molecule has 1 aliphatic heterocycles. The quantitative estimate of drug-likeness (QED) is 0.635. The molecule has 0 bridgehead atoms. The highest BCUT2D eigenvalue weighted by molar-refractivity contribution is 4.86. The molecule has 0 aromatic rings. The smallest absolute Gasteiger partial charge is 0.0101 e. The Morgan fingerprint density at radius 2 is 1.85 bits per heavy atom. The number of nitrogens with zero attached hydrogens (tertiary/aromatic N) is 1. The molecule has 1 saturated heterocycles. The van der Waals surface area contributed by atoms with Crippen molar-refractivity contribution >= 4 is 0 Å². The molecule has 13 heavy (non-hydrogen) atoms. The third-order valence-corrected chi connectivity index (χ3v) is 3.42. The Morgan fingerprint density at radius 3 is 2.31 bits per heavy atom. The Labute approximate surface area is 83.5 Å². The SMILES string of the molecule is CCC1CC(C)CC(C)N1C(C)C. The average molecular weight is 183 g/mol. The van der Waals surface area contributed by atoms with E-state index in [0.29, 0.717) is 6.04 Å². The van der Waals surface area contributed by atoms with Crippen LogP contribution in [0.25, 0.3) is 0 Å². The molecule has 1 heteroatoms. The minimum atomic E-state index is 0.715. The lowest BCUT2D eigenvalue weighted by Gasteiger charge is -2.45. The molecule has 1 nitrogen and oxygen atoms in total. The first-order valence-electron chi connectivity index (χ1n) is 5.83. The highest BCUT2D eigenvalue weighted by atomic mass is 15.2. The molecule has 0 radical (unpaired) electrons. The topological polar surface area (TPSA) is 3.24 Å². The van der Waals surface area contributed by atoms with Crippen LogP contribution in [0, 0.1) is 5.92 Å². The predicted octanol–water partition coefficient (Wildman–Crippen LogP) is 3.29. The minimum Gasteiger partial charge on any atom is -0.295 e. The summed E-state index contributed by atoms with van der Waals surface area (Å²) < 4.78 is 0. The van der Waals surface area contributed by atoms with Gasteiger partial charge in [-0.15, -0.1) is 0 Å². The van der Waals surface area contributed by atoms with Gasteiger partial charge < -0.3 is 0 Å². The normalized spacial score (nSPS) is 36.9. The second-order valence-electron chi connectivity index (χ2n) is 5.03. The van der Waals surface area contributed by atoms with Crippen LogP contribution in [0.5, 0.6) is 0 Å². The Balaban J connectivity index is 2.66. The number of likely N-dealkylation sites (tertiary alicyclic amines) is 1. The summed E-state index contributed by atoms with van der Waals surface area (Å²) >= 11 is 0. The van der Waals surface area contributed by atoms with Crippen molar-refractivity contribution in [2.24, 2.45) is 5.92 Å². The largest absolute Gasteiger partial charge is 0.295 e. The molecule has 3 unspecified atom stereocenters. The van der Waals surface area contributed by atoms with Gasteiger partial charge in [0.15, 0.2) is 0 Å². The highest BCUT2D eigenvalue weighted by Crippen LogP contribution is 2.30. The van der Waals surface area contributed by atoms with Gasteiger partial charge in [-0.3, -0.25) is 4.90 Å². The van der Waals surface area contributed by atoms with E-state index >= 15 is 0 Å². The molecule has 1 heterocycles. The zero-order valence-corrected chi connectivity index (χ0v) is 9.88. The number of hydrogen-bond acceptors (Lipinski definition) is 1. The summed E-state index contributed by atoms with van der Waals surface area (Å²) in [7, 11) is 0. The van der Waals surface area contributed by atoms with Gasteiger partial charge in [-0.2, -0.15) is 0 Å². The van der Waals surface area contributed by atoms with Crippen LogP contribution >= 0.6 is 0 Å². The van der Waals surface area contributed by atoms with E-state index in [-0.39, 0.29) is 0 Å². The number of rotatable bonds is 2. The van der Waals surface area contributed by atoms with Crippen molar-refractivity contribution in [1.29, 1.82) is 0 Å². The molecule has 1 fully saturated rings. The second-order valence-corrected chi connectivity index (χ2v) is 5.03. The highest BCUT2D eigenvalue weighted by Gasteiger charge is 2.31. The molecule has 0 saturated carbocycles. The fourth-order valence-electron chi connectivity index (χ4n) is 3.05. The Hall–Kier alpha value is -0.0400. The minimum absolute atomic E-state index is 0.715. The fourth-order valence-corrected chi connectivity index (χ4v) is 3.05. The van der Waals surface area contributed by atoms with Crippen molar-refractivity contribution in [3.05, 3.63) is 0 Å². The van der Waals surface area contributed by atoms with Gasteiger partial charge in [-0.25, -0.2) is 0 Å². The van der Waals surface area contributed by atoms with Crippen LogP contribution < -0.4 is 0 Å². The maximum atomic E-state index is 2.71. The second kappa shape index (κ2) is 4.45. The summed E-state index contributed by atoms with van der Waals surface area (Å²) in [6.45, 7) is 11.8. The molecular formula is C12H25N. The van der Waals surface area contributed by atoms with Crippen LogP contribution in [0.1, 0.15) is 53.9 Å². The monoisotopic (exact) mass is 183 g/mol. The van der Waals surface area contributed by atoms with E-state index in [1.54, 1.807) is 0 Å². The first-order chi connectivity index (χ1) is 6.06. The molecule has 0 aromatic carbocycles. The van der Waals surface area contributed by atoms with E-state index in [9.17, 15) is 0 Å². The van der Waals surface area contributed by atoms with Gasteiger partial charge in [-0.05, 0) is 46.0 Å². The Kier molecular flexibility index (Phi) is 3.78. The molecule has 0 N–H and O–H groups in total. The fraction of sp³-hybridized carbons (Fsp3) is 1.00. The summed E-state index contributed by atoms with van der Waals surface area (Å²) in [6, 6.07) is 2.33. The molecule has 0 aliphatic carbocycles. The van der Waals surface area contributed by atoms with Crippen LogP contribution in [0.2, 0.25) is 0 Å². The first-order valence-corrected chi connectivity index (χ1v) is 5.83. The molecule has 0 spiro atoms. The van der Waals surface area contributed by atoms with Crippen LogP contribution in [0.3, 0.4) is 0 Å². The van der Waals surface area contributed by atoms with Gasteiger partial charge >= 0.3 is 0 Å². The molecule has 1 rings (SSSR count). The van der Waals surface area contributed by atoms with E-state index in [4.69, 9.17) is 0 Å². The lowest BCUT2D eigenvalue weighted by atomic mass is 9.86. The first kappa shape index (κ1) is 11.0. The average Bonchev–Trinajstić information content (AvgIpc) is 2.01. The molecule has 0 amide bonds. The molecular weight excluding hydrogens is 158 g/mol. The number of hydrogen-bond donors (Lipinski definition) is 0. The van der Waals surface area contributed by atoms with Crippen molar-refractivity contribution in [1.82, 2.24) is 4.90 Å². The standard InChI is InChI=1S/C12H25N/c1-6-12-8-10(4)7-11(5)13(12)9(2)3/h9-12H,6-8H2,1-5H3. The van der Waals surface area contributed by atoms with Crippen molar-refractivity contribution in [2.75, 3.05) is 0 Å². The van der Waals surface area contributed by atoms with Crippen LogP contribution in [0.4, 0.5) is 0 Å². The van der Waals surface area contributed by atoms with Gasteiger partial charge in [0.1, 0.15) is 0 Å². The lowest BCUT2D eigenvalue weighted by molar-refractivity contribution is 0.0357. The van der Waals surface area contributed by atoms with E-state index < -0.39 is 0 Å². The van der Waals surface area contributed by atoms with Gasteiger partial charge in [0.05, 0.1) is 0 Å². The van der Waals surface area contributed by atoms with Crippen molar-refractivity contribution < 1.29 is 0 Å². The van der Waals surface area contributed by atoms with E-state index in [0.717, 1.165) is 18.0 Å². The summed E-state index contributed by atoms with van der Waals surface area (Å²) in [5, 5.41) is 0. The van der Waals surface area contributed by atoms with Gasteiger partial charge in [-0.1, -0.05) is 13.8 Å². The molecule has 0 aromatic heterocycles. The number of piperidine rings is 1. The van der Waals surface area contributed by atoms with Crippen molar-refractivity contribution in [2.45, 2.75) is 72.0 Å². The zero-order chi connectivity index (χ0) is 10.0. The van der Waals surface area contributed by atoms with Gasteiger partial charge in [0.25, 0.3) is 0 Å². The zero-order valence-electron chi connectivity index (χ0n) is 9.88. The van der Waals surface area contributed by atoms with Crippen LogP contribution in [0.15, 0.2) is 0 Å². The predicted molar refractivity (Wildman–Crippen MR) is 58.9 cm³/mol. The Bertz CT molecular complexity index is 153. The van der Waals surface area contributed by atoms with E-state index in [1.165, 1.54) is 19.3 Å². The lowest BCUT2D eigenvalue weighted by Crippen LogP contribution is -2.50. The maximum Gasteiger partial charge on any atom is 0.0101 e. The van der Waals surface area contributed by atoms with E-state index in [2.05, 4.69) is 39.5 Å². The molecule has 1 aliphatic rings. The summed E-state index contributed by atoms with van der Waals surface area (Å²) in [5.41, 5.74) is 0. The summed E-state index contributed by atoms with van der Waals surface area (Å²) in [4.78, 5) is 2.71. The third-order valence-electron chi connectivity index (χ3n) is 3.42. The van der Waals surface area contributed by atoms with Crippen LogP contribution in [-0.2, 0) is 0 Å². The molecule has 78 valence electrons. The summed E-state index contributed by atoms with van der Waals surface area (Å²) in [5.74, 6) is 0.926. The summed E-state index contributed by atoms with van der Waals surface area (Å²) in [6.07, 6.45) is 4.10.